The molecule has 1 aromatic carbocycles. The Morgan fingerprint density at radius 2 is 2.00 bits per heavy atom. The molecule has 2 rings (SSSR count). The van der Waals surface area contributed by atoms with Crippen LogP contribution < -0.4 is 5.73 Å². The summed E-state index contributed by atoms with van der Waals surface area (Å²) in [7, 11) is 0. The molecule has 2 aromatic rings. The Morgan fingerprint density at radius 3 is 2.72 bits per heavy atom. The topological polar surface area (TPSA) is 56.0 Å². The third-order valence-electron chi connectivity index (χ3n) is 2.71. The van der Waals surface area contributed by atoms with Crippen LogP contribution in [-0.2, 0) is 12.8 Å². The van der Waals surface area contributed by atoms with Crippen molar-refractivity contribution in [1.29, 1.82) is 0 Å². The Labute approximate surface area is 104 Å². The van der Waals surface area contributed by atoms with Crippen molar-refractivity contribution in [2.24, 2.45) is 5.73 Å². The molecule has 3 nitrogen and oxygen atoms in total. The van der Waals surface area contributed by atoms with Crippen molar-refractivity contribution in [2.45, 2.75) is 12.8 Å². The van der Waals surface area contributed by atoms with Crippen molar-refractivity contribution in [3.8, 4) is 0 Å². The minimum atomic E-state index is -0.482. The van der Waals surface area contributed by atoms with Crippen molar-refractivity contribution < 1.29 is 9.18 Å². The fourth-order valence-electron chi connectivity index (χ4n) is 1.73. The number of aromatic nitrogens is 1. The first-order valence-corrected chi connectivity index (χ1v) is 5.65. The van der Waals surface area contributed by atoms with Crippen LogP contribution in [0.1, 0.15) is 21.6 Å². The van der Waals surface area contributed by atoms with Gasteiger partial charge in [-0.05, 0) is 36.6 Å². The minimum absolute atomic E-state index is 0.219. The number of nitrogens with two attached hydrogens (primary N) is 1. The summed E-state index contributed by atoms with van der Waals surface area (Å²) in [6, 6.07) is 9.84. The van der Waals surface area contributed by atoms with Crippen molar-refractivity contribution in [2.75, 3.05) is 0 Å². The van der Waals surface area contributed by atoms with Gasteiger partial charge in [-0.1, -0.05) is 18.2 Å². The third-order valence-corrected chi connectivity index (χ3v) is 2.71. The van der Waals surface area contributed by atoms with Crippen molar-refractivity contribution in [3.05, 3.63) is 65.2 Å². The van der Waals surface area contributed by atoms with Crippen molar-refractivity contribution >= 4 is 5.91 Å². The van der Waals surface area contributed by atoms with Gasteiger partial charge in [-0.2, -0.15) is 0 Å². The second-order valence-corrected chi connectivity index (χ2v) is 3.99. The van der Waals surface area contributed by atoms with Crippen LogP contribution in [0.3, 0.4) is 0 Å². The maximum Gasteiger partial charge on any atom is 0.248 e. The van der Waals surface area contributed by atoms with Gasteiger partial charge < -0.3 is 5.73 Å². The smallest absolute Gasteiger partial charge is 0.248 e. The van der Waals surface area contributed by atoms with Crippen LogP contribution in [0.15, 0.2) is 42.6 Å². The Morgan fingerprint density at radius 1 is 1.22 bits per heavy atom. The van der Waals surface area contributed by atoms with Gasteiger partial charge >= 0.3 is 0 Å². The molecule has 0 aliphatic rings. The minimum Gasteiger partial charge on any atom is -0.366 e. The van der Waals surface area contributed by atoms with E-state index in [9.17, 15) is 9.18 Å². The number of nitrogens with zero attached hydrogens (tertiary/aromatic N) is 1. The SMILES string of the molecule is NC(=O)c1ccnc(CCc2ccccc2F)c1. The zero-order valence-corrected chi connectivity index (χ0v) is 9.77. The number of halogens is 1. The summed E-state index contributed by atoms with van der Waals surface area (Å²) in [6.07, 6.45) is 2.65. The lowest BCUT2D eigenvalue weighted by molar-refractivity contribution is 0.1000. The first kappa shape index (κ1) is 12.2. The van der Waals surface area contributed by atoms with Gasteiger partial charge in [-0.3, -0.25) is 9.78 Å². The van der Waals surface area contributed by atoms with Crippen LogP contribution in [0.25, 0.3) is 0 Å². The highest BCUT2D eigenvalue weighted by Crippen LogP contribution is 2.10. The Kier molecular flexibility index (Phi) is 3.67. The number of primary amides is 1. The summed E-state index contributed by atoms with van der Waals surface area (Å²) in [5, 5.41) is 0. The number of carbonyl (C=O) groups is 1. The number of aryl methyl sites for hydroxylation is 2. The van der Waals surface area contributed by atoms with Crippen molar-refractivity contribution in [1.82, 2.24) is 4.98 Å². The van der Waals surface area contributed by atoms with Gasteiger partial charge in [0.05, 0.1) is 0 Å². The number of pyridine rings is 1. The predicted molar refractivity (Wildman–Crippen MR) is 66.6 cm³/mol. The molecule has 4 heteroatoms. The van der Waals surface area contributed by atoms with E-state index in [4.69, 9.17) is 5.73 Å². The van der Waals surface area contributed by atoms with E-state index < -0.39 is 5.91 Å². The largest absolute Gasteiger partial charge is 0.366 e. The predicted octanol–water partition coefficient (Wildman–Crippen LogP) is 2.10. The molecule has 0 atom stereocenters. The molecule has 0 bridgehead atoms. The van der Waals surface area contributed by atoms with E-state index >= 15 is 0 Å². The maximum absolute atomic E-state index is 13.4. The van der Waals surface area contributed by atoms with Crippen LogP contribution in [0.5, 0.6) is 0 Å². The molecule has 18 heavy (non-hydrogen) atoms. The third kappa shape index (κ3) is 2.91. The molecule has 2 N–H and O–H groups in total. The van der Waals surface area contributed by atoms with Gasteiger partial charge in [0.1, 0.15) is 5.82 Å². The molecule has 92 valence electrons. The first-order valence-electron chi connectivity index (χ1n) is 5.65. The zero-order chi connectivity index (χ0) is 13.0. The molecule has 0 radical (unpaired) electrons. The summed E-state index contributed by atoms with van der Waals surface area (Å²) < 4.78 is 13.4. The number of hydrogen-bond donors (Lipinski definition) is 1. The molecular formula is C14H13FN2O. The van der Waals surface area contributed by atoms with E-state index in [1.807, 2.05) is 0 Å². The van der Waals surface area contributed by atoms with Gasteiger partial charge in [0.25, 0.3) is 0 Å². The van der Waals surface area contributed by atoms with Gasteiger partial charge in [0.15, 0.2) is 0 Å². The molecule has 0 aliphatic carbocycles. The Balaban J connectivity index is 2.09. The normalized spacial score (nSPS) is 10.3. The molecule has 0 aliphatic heterocycles. The Bertz CT molecular complexity index is 569. The maximum atomic E-state index is 13.4. The van der Waals surface area contributed by atoms with E-state index in [0.29, 0.717) is 24.0 Å². The monoisotopic (exact) mass is 244 g/mol. The fourth-order valence-corrected chi connectivity index (χ4v) is 1.73. The molecule has 1 heterocycles. The lowest BCUT2D eigenvalue weighted by Crippen LogP contribution is -2.11. The van der Waals surface area contributed by atoms with E-state index in [1.54, 1.807) is 30.3 Å². The first-order chi connectivity index (χ1) is 8.66. The molecule has 0 saturated heterocycles. The fraction of sp³-hybridized carbons (Fsp3) is 0.143. The van der Waals surface area contributed by atoms with Gasteiger partial charge in [-0.25, -0.2) is 4.39 Å². The number of hydrogen-bond acceptors (Lipinski definition) is 2. The summed E-state index contributed by atoms with van der Waals surface area (Å²) >= 11 is 0. The summed E-state index contributed by atoms with van der Waals surface area (Å²) in [4.78, 5) is 15.2. The number of rotatable bonds is 4. The molecule has 0 spiro atoms. The number of carbonyl (C=O) groups excluding carboxylic acids is 1. The molecule has 1 amide bonds. The summed E-state index contributed by atoms with van der Waals surface area (Å²) in [6.45, 7) is 0. The standard InChI is InChI=1S/C14H13FN2O/c15-13-4-2-1-3-10(13)5-6-12-9-11(14(16)18)7-8-17-12/h1-4,7-9H,5-6H2,(H2,16,18). The Hall–Kier alpha value is -2.23. The van der Waals surface area contributed by atoms with Crippen molar-refractivity contribution in [3.63, 3.8) is 0 Å². The zero-order valence-electron chi connectivity index (χ0n) is 9.77. The molecular weight excluding hydrogens is 231 g/mol. The van der Waals surface area contributed by atoms with Gasteiger partial charge in [0.2, 0.25) is 5.91 Å². The van der Waals surface area contributed by atoms with Crippen LogP contribution >= 0.6 is 0 Å². The second-order valence-electron chi connectivity index (χ2n) is 3.99. The molecule has 1 aromatic heterocycles. The van der Waals surface area contributed by atoms with Crippen LogP contribution in [0.4, 0.5) is 4.39 Å². The second kappa shape index (κ2) is 5.40. The average Bonchev–Trinajstić information content (AvgIpc) is 2.38. The van der Waals surface area contributed by atoms with E-state index in [2.05, 4.69) is 4.98 Å². The van der Waals surface area contributed by atoms with E-state index in [1.165, 1.54) is 12.3 Å². The van der Waals surface area contributed by atoms with E-state index in [0.717, 1.165) is 5.69 Å². The quantitative estimate of drug-likeness (QED) is 0.895. The molecule has 0 saturated carbocycles. The molecule has 0 unspecified atom stereocenters. The number of benzene rings is 1. The lowest BCUT2D eigenvalue weighted by Gasteiger charge is -2.04. The van der Waals surface area contributed by atoms with Crippen LogP contribution in [-0.4, -0.2) is 10.9 Å². The van der Waals surface area contributed by atoms with Crippen LogP contribution in [0.2, 0.25) is 0 Å². The highest BCUT2D eigenvalue weighted by molar-refractivity contribution is 5.92. The van der Waals surface area contributed by atoms with E-state index in [-0.39, 0.29) is 5.82 Å². The highest BCUT2D eigenvalue weighted by Gasteiger charge is 2.05. The van der Waals surface area contributed by atoms with Gasteiger partial charge in [-0.15, -0.1) is 0 Å². The lowest BCUT2D eigenvalue weighted by atomic mass is 10.1. The summed E-state index contributed by atoms with van der Waals surface area (Å²) in [5.74, 6) is -0.701. The average molecular weight is 244 g/mol. The van der Waals surface area contributed by atoms with Gasteiger partial charge in [0, 0.05) is 17.5 Å². The number of amides is 1. The highest BCUT2D eigenvalue weighted by atomic mass is 19.1. The van der Waals surface area contributed by atoms with Crippen LogP contribution in [0, 0.1) is 5.82 Å². The molecule has 0 fully saturated rings. The summed E-state index contributed by atoms with van der Waals surface area (Å²) in [5.41, 5.74) is 6.99.